The van der Waals surface area contributed by atoms with Gasteiger partial charge in [0.2, 0.25) is 0 Å². The Morgan fingerprint density at radius 3 is 2.32 bits per heavy atom. The predicted octanol–water partition coefficient (Wildman–Crippen LogP) is 3.15. The average Bonchev–Trinajstić information content (AvgIpc) is 2.54. The summed E-state index contributed by atoms with van der Waals surface area (Å²) < 4.78 is 17.9. The van der Waals surface area contributed by atoms with E-state index in [1.54, 1.807) is 18.2 Å². The molecule has 0 aliphatic carbocycles. The Hall–Kier alpha value is -1.36. The Labute approximate surface area is 159 Å². The molecule has 0 aliphatic heterocycles. The number of rotatable bonds is 4. The van der Waals surface area contributed by atoms with Crippen molar-refractivity contribution in [2.24, 2.45) is 3.72 Å². The van der Waals surface area contributed by atoms with E-state index in [0.717, 1.165) is 16.9 Å². The van der Waals surface area contributed by atoms with Crippen molar-refractivity contribution in [3.05, 3.63) is 59.2 Å². The van der Waals surface area contributed by atoms with Crippen molar-refractivity contribution in [3.63, 3.8) is 0 Å². The molecule has 25 heavy (non-hydrogen) atoms. The third kappa shape index (κ3) is 7.19. The number of hydrogen-bond acceptors (Lipinski definition) is 4. The summed E-state index contributed by atoms with van der Waals surface area (Å²) in [6.07, 6.45) is 0. The summed E-state index contributed by atoms with van der Waals surface area (Å²) in [4.78, 5) is 0. The van der Waals surface area contributed by atoms with E-state index in [0.29, 0.717) is 31.7 Å². The van der Waals surface area contributed by atoms with Crippen molar-refractivity contribution in [2.75, 3.05) is 0 Å². The third-order valence-electron chi connectivity index (χ3n) is 3.68. The van der Waals surface area contributed by atoms with Crippen LogP contribution in [0.15, 0.2) is 46.2 Å². The molecule has 7 heteroatoms. The summed E-state index contributed by atoms with van der Waals surface area (Å²) in [7, 11) is -1.45. The van der Waals surface area contributed by atoms with Crippen molar-refractivity contribution >= 4 is 12.6 Å². The van der Waals surface area contributed by atoms with Gasteiger partial charge in [-0.15, -0.1) is 0 Å². The number of benzene rings is 2. The molecule has 0 spiro atoms. The van der Waals surface area contributed by atoms with Gasteiger partial charge in [0, 0.05) is 0 Å². The van der Waals surface area contributed by atoms with E-state index in [1.807, 2.05) is 19.1 Å². The van der Waals surface area contributed by atoms with Crippen LogP contribution in [0.5, 0.6) is 5.75 Å². The molecule has 2 aromatic rings. The summed E-state index contributed by atoms with van der Waals surface area (Å²) in [6, 6.07) is 13.4. The molecule has 0 atom stereocenters. The Balaban J connectivity index is 0.000000970. The normalized spacial score (nSPS) is 10.5. The number of nitrogens with zero attached hydrogens (tertiary/aromatic N) is 1. The van der Waals surface area contributed by atoms with Crippen LogP contribution in [0.4, 0.5) is 4.48 Å². The Morgan fingerprint density at radius 2 is 1.80 bits per heavy atom. The van der Waals surface area contributed by atoms with E-state index in [-0.39, 0.29) is 5.41 Å². The third-order valence-corrected chi connectivity index (χ3v) is 3.68. The maximum atomic E-state index is 9.95. The monoisotopic (exact) mass is 515 g/mol. The first kappa shape index (κ1) is 21.7. The van der Waals surface area contributed by atoms with Crippen LogP contribution in [0.3, 0.4) is 0 Å². The molecule has 4 nitrogen and oxygen atoms in total. The number of aryl methyl sites for hydroxylation is 1. The molecule has 0 aliphatic rings. The number of halogens is 1. The van der Waals surface area contributed by atoms with Gasteiger partial charge in [-0.05, 0) is 40.6 Å². The molecule has 0 heterocycles. The van der Waals surface area contributed by atoms with E-state index in [4.69, 9.17) is 4.74 Å². The van der Waals surface area contributed by atoms with Crippen LogP contribution in [0.2, 0.25) is 0 Å². The van der Waals surface area contributed by atoms with Crippen molar-refractivity contribution in [3.8, 4) is 5.75 Å². The molecule has 0 aromatic heterocycles. The minimum absolute atomic E-state index is 0.120. The second kappa shape index (κ2) is 9.95. The fraction of sp³-hybridized carbons (Fsp3) is 0.333. The summed E-state index contributed by atoms with van der Waals surface area (Å²) in [5.74, 6) is 0.850. The van der Waals surface area contributed by atoms with E-state index in [1.165, 1.54) is 5.56 Å². The molecular weight excluding hydrogens is 492 g/mol. The standard InChI is InChI=1S/C18H23BO3.FN.W/c1-13-10-15(18(2,3)4)8-9-17(13)22-12-14-6-5-7-16(11-14)19(20)21;1-2;/h5-11,20-21H,12H2,1-4H3;;. The van der Waals surface area contributed by atoms with Gasteiger partial charge in [-0.25, -0.2) is 0 Å². The molecular formula is C18H23BFNO3W. The van der Waals surface area contributed by atoms with Crippen molar-refractivity contribution < 1.29 is 38.9 Å². The Bertz CT molecular complexity index is 705. The second-order valence-corrected chi connectivity index (χ2v) is 7.20. The fourth-order valence-corrected chi connectivity index (χ4v) is 2.28. The molecule has 0 unspecified atom stereocenters. The van der Waals surface area contributed by atoms with Gasteiger partial charge in [0.05, 0.1) is 0 Å². The molecule has 0 radical (unpaired) electrons. The molecule has 0 bridgehead atoms. The zero-order valence-corrected chi connectivity index (χ0v) is 17.8. The van der Waals surface area contributed by atoms with E-state index < -0.39 is 7.12 Å². The van der Waals surface area contributed by atoms with Crippen molar-refractivity contribution in [1.82, 2.24) is 0 Å². The fourth-order valence-electron chi connectivity index (χ4n) is 2.28. The van der Waals surface area contributed by atoms with Gasteiger partial charge in [-0.1, -0.05) is 57.2 Å². The molecule has 2 aromatic carbocycles. The van der Waals surface area contributed by atoms with Crippen LogP contribution >= 0.6 is 0 Å². The summed E-state index contributed by atoms with van der Waals surface area (Å²) in [5.41, 5.74) is 3.88. The van der Waals surface area contributed by atoms with Gasteiger partial charge in [0.25, 0.3) is 0 Å². The van der Waals surface area contributed by atoms with Gasteiger partial charge in [-0.3, -0.25) is 0 Å². The van der Waals surface area contributed by atoms with Crippen LogP contribution in [-0.2, 0) is 31.7 Å². The van der Waals surface area contributed by atoms with Crippen LogP contribution in [0.25, 0.3) is 0 Å². The SMILES string of the molecule is Cc1cc(C(C)(C)C)ccc1OCc1cccc(B(O)O)c1.F[N]=[W]. The van der Waals surface area contributed by atoms with Gasteiger partial charge in [-0.2, -0.15) is 0 Å². The van der Waals surface area contributed by atoms with Crippen LogP contribution < -0.4 is 10.2 Å². The van der Waals surface area contributed by atoms with Gasteiger partial charge in [0.15, 0.2) is 0 Å². The van der Waals surface area contributed by atoms with Crippen molar-refractivity contribution in [2.45, 2.75) is 39.7 Å². The predicted molar refractivity (Wildman–Crippen MR) is 94.0 cm³/mol. The van der Waals surface area contributed by atoms with Crippen LogP contribution in [0, 0.1) is 6.92 Å². The van der Waals surface area contributed by atoms with Crippen LogP contribution in [-0.4, -0.2) is 17.2 Å². The Kier molecular flexibility index (Phi) is 8.63. The van der Waals surface area contributed by atoms with Gasteiger partial charge < -0.3 is 14.8 Å². The second-order valence-electron chi connectivity index (χ2n) is 6.71. The first-order chi connectivity index (χ1) is 11.7. The Morgan fingerprint density at radius 1 is 1.16 bits per heavy atom. The van der Waals surface area contributed by atoms with Gasteiger partial charge in [0.1, 0.15) is 12.4 Å². The summed E-state index contributed by atoms with van der Waals surface area (Å²) >= 11 is 0.630. The zero-order valence-electron chi connectivity index (χ0n) is 14.9. The van der Waals surface area contributed by atoms with Crippen molar-refractivity contribution in [1.29, 1.82) is 0 Å². The molecule has 2 rings (SSSR count). The van der Waals surface area contributed by atoms with E-state index >= 15 is 0 Å². The van der Waals surface area contributed by atoms with Gasteiger partial charge >= 0.3 is 34.9 Å². The summed E-state index contributed by atoms with van der Waals surface area (Å²) in [5, 5.41) is 18.4. The number of hydrogen-bond donors (Lipinski definition) is 2. The molecule has 134 valence electrons. The zero-order chi connectivity index (χ0) is 19.0. The minimum atomic E-state index is -1.45. The summed E-state index contributed by atoms with van der Waals surface area (Å²) in [6.45, 7) is 9.00. The molecule has 2 N–H and O–H groups in total. The maximum absolute atomic E-state index is 9.95. The van der Waals surface area contributed by atoms with E-state index in [9.17, 15) is 14.5 Å². The quantitative estimate of drug-likeness (QED) is 0.616. The van der Waals surface area contributed by atoms with E-state index in [2.05, 4.69) is 36.6 Å². The topological polar surface area (TPSA) is 62.0 Å². The average molecular weight is 515 g/mol. The molecule has 0 fully saturated rings. The number of ether oxygens (including phenoxy) is 1. The van der Waals surface area contributed by atoms with Crippen LogP contribution in [0.1, 0.15) is 37.5 Å². The first-order valence-corrected chi connectivity index (χ1v) is 9.12. The molecule has 0 saturated heterocycles. The molecule has 0 saturated carbocycles. The first-order valence-electron chi connectivity index (χ1n) is 7.81. The molecule has 0 amide bonds.